The zero-order chi connectivity index (χ0) is 19.1. The highest BCUT2D eigenvalue weighted by atomic mass is 16.5. The van der Waals surface area contributed by atoms with Crippen LogP contribution in [0, 0.1) is 0 Å². The number of nitrogens with zero attached hydrogens (tertiary/aromatic N) is 1. The van der Waals surface area contributed by atoms with E-state index < -0.39 is 0 Å². The molecule has 0 unspecified atom stereocenters. The molecule has 0 bridgehead atoms. The maximum Gasteiger partial charge on any atom is 0.263 e. The molecular weight excluding hydrogens is 342 g/mol. The van der Waals surface area contributed by atoms with E-state index in [9.17, 15) is 9.59 Å². The van der Waals surface area contributed by atoms with Crippen LogP contribution in [0.4, 0.5) is 17.2 Å². The van der Waals surface area contributed by atoms with Gasteiger partial charge in [0.1, 0.15) is 11.6 Å². The van der Waals surface area contributed by atoms with Crippen LogP contribution in [0.2, 0.25) is 0 Å². The van der Waals surface area contributed by atoms with Crippen molar-refractivity contribution in [2.75, 3.05) is 17.2 Å². The number of ether oxygens (including phenoxy) is 1. The summed E-state index contributed by atoms with van der Waals surface area (Å²) in [5.41, 5.74) is 2.17. The first-order valence-electron chi connectivity index (χ1n) is 8.42. The van der Waals surface area contributed by atoms with Gasteiger partial charge in [-0.3, -0.25) is 9.59 Å². The van der Waals surface area contributed by atoms with Crippen molar-refractivity contribution in [3.8, 4) is 5.75 Å². The van der Waals surface area contributed by atoms with Crippen LogP contribution in [-0.4, -0.2) is 23.3 Å². The Labute approximate surface area is 157 Å². The number of hydrogen-bond donors (Lipinski definition) is 2. The Balaban J connectivity index is 1.54. The lowest BCUT2D eigenvalue weighted by atomic mass is 10.1. The molecular formula is C21H19N3O3. The number of para-hydroxylation sites is 1. The first-order valence-corrected chi connectivity index (χ1v) is 8.42. The zero-order valence-corrected chi connectivity index (χ0v) is 14.8. The number of amides is 1. The van der Waals surface area contributed by atoms with Crippen molar-refractivity contribution in [1.82, 2.24) is 4.98 Å². The van der Waals surface area contributed by atoms with Crippen molar-refractivity contribution >= 4 is 28.9 Å². The van der Waals surface area contributed by atoms with Gasteiger partial charge in [0.05, 0.1) is 11.9 Å². The first-order chi connectivity index (χ1) is 13.1. The van der Waals surface area contributed by atoms with Gasteiger partial charge in [-0.2, -0.15) is 0 Å². The molecule has 0 aliphatic rings. The largest absolute Gasteiger partial charge is 0.484 e. The Morgan fingerprint density at radius 3 is 2.48 bits per heavy atom. The fraction of sp³-hybridized carbons (Fsp3) is 0.0952. The molecule has 136 valence electrons. The second-order valence-electron chi connectivity index (χ2n) is 5.84. The normalized spacial score (nSPS) is 10.1. The molecule has 3 aromatic rings. The van der Waals surface area contributed by atoms with Gasteiger partial charge >= 0.3 is 0 Å². The zero-order valence-electron chi connectivity index (χ0n) is 14.8. The molecule has 0 radical (unpaired) electrons. The highest BCUT2D eigenvalue weighted by Crippen LogP contribution is 2.18. The van der Waals surface area contributed by atoms with Crippen LogP contribution < -0.4 is 15.4 Å². The van der Waals surface area contributed by atoms with Crippen LogP contribution in [0.5, 0.6) is 5.75 Å². The van der Waals surface area contributed by atoms with Gasteiger partial charge in [0, 0.05) is 11.3 Å². The number of hydrogen-bond acceptors (Lipinski definition) is 5. The number of carbonyl (C=O) groups is 2. The summed E-state index contributed by atoms with van der Waals surface area (Å²) in [7, 11) is 0. The second-order valence-corrected chi connectivity index (χ2v) is 5.84. The van der Waals surface area contributed by atoms with Crippen LogP contribution in [0.25, 0.3) is 0 Å². The number of aromatic nitrogens is 1. The fourth-order valence-electron chi connectivity index (χ4n) is 2.37. The summed E-state index contributed by atoms with van der Waals surface area (Å²) in [5.74, 6) is 0.779. The average molecular weight is 361 g/mol. The number of ketones is 1. The lowest BCUT2D eigenvalue weighted by Gasteiger charge is -2.09. The van der Waals surface area contributed by atoms with Crippen molar-refractivity contribution in [1.29, 1.82) is 0 Å². The molecule has 6 heteroatoms. The molecule has 0 spiro atoms. The predicted octanol–water partition coefficient (Wildman–Crippen LogP) is 4.05. The smallest absolute Gasteiger partial charge is 0.263 e. The molecule has 2 N–H and O–H groups in total. The van der Waals surface area contributed by atoms with Crippen molar-refractivity contribution in [2.45, 2.75) is 6.92 Å². The molecule has 3 rings (SSSR count). The molecule has 27 heavy (non-hydrogen) atoms. The van der Waals surface area contributed by atoms with Gasteiger partial charge in [-0.05, 0) is 43.3 Å². The fourth-order valence-corrected chi connectivity index (χ4v) is 2.37. The molecule has 0 aliphatic carbocycles. The summed E-state index contributed by atoms with van der Waals surface area (Å²) in [6.07, 6.45) is 1.61. The summed E-state index contributed by atoms with van der Waals surface area (Å²) in [6.45, 7) is 1.43. The lowest BCUT2D eigenvalue weighted by Crippen LogP contribution is -2.20. The monoisotopic (exact) mass is 361 g/mol. The third-order valence-corrected chi connectivity index (χ3v) is 3.70. The molecule has 0 atom stereocenters. The molecule has 0 fully saturated rings. The van der Waals surface area contributed by atoms with Crippen LogP contribution in [0.3, 0.4) is 0 Å². The molecule has 2 aromatic carbocycles. The van der Waals surface area contributed by atoms with E-state index in [1.807, 2.05) is 30.3 Å². The van der Waals surface area contributed by atoms with E-state index in [1.165, 1.54) is 6.92 Å². The molecule has 0 saturated heterocycles. The molecule has 1 heterocycles. The van der Waals surface area contributed by atoms with Crippen molar-refractivity contribution in [2.24, 2.45) is 0 Å². The Kier molecular flexibility index (Phi) is 5.79. The number of carbonyl (C=O) groups excluding carboxylic acids is 2. The maximum absolute atomic E-state index is 11.9. The van der Waals surface area contributed by atoms with E-state index in [1.54, 1.807) is 42.6 Å². The number of pyridine rings is 1. The second kappa shape index (κ2) is 8.62. The Morgan fingerprint density at radius 2 is 1.78 bits per heavy atom. The maximum atomic E-state index is 11.9. The Morgan fingerprint density at radius 1 is 0.963 bits per heavy atom. The van der Waals surface area contributed by atoms with Gasteiger partial charge in [0.25, 0.3) is 5.91 Å². The minimum Gasteiger partial charge on any atom is -0.484 e. The number of anilines is 3. The van der Waals surface area contributed by atoms with Crippen molar-refractivity contribution < 1.29 is 14.3 Å². The number of rotatable bonds is 7. The number of Topliss-reactive ketones (excluding diaryl/α,β-unsaturated/α-hetero) is 1. The lowest BCUT2D eigenvalue weighted by molar-refractivity contribution is -0.118. The van der Waals surface area contributed by atoms with Gasteiger partial charge in [-0.15, -0.1) is 0 Å². The SMILES string of the molecule is CC(=O)c1cccc(Nc2ccc(NC(=O)COc3ccccc3)nc2)c1. The molecule has 1 aromatic heterocycles. The highest BCUT2D eigenvalue weighted by molar-refractivity contribution is 5.95. The summed E-state index contributed by atoms with van der Waals surface area (Å²) >= 11 is 0. The van der Waals surface area contributed by atoms with Crippen LogP contribution in [0.15, 0.2) is 72.9 Å². The van der Waals surface area contributed by atoms with Crippen LogP contribution in [-0.2, 0) is 4.79 Å². The van der Waals surface area contributed by atoms with Gasteiger partial charge in [-0.25, -0.2) is 4.98 Å². The van der Waals surface area contributed by atoms with E-state index in [-0.39, 0.29) is 18.3 Å². The minimum absolute atomic E-state index is 0.00700. The molecule has 0 aliphatic heterocycles. The Hall–Kier alpha value is -3.67. The third-order valence-electron chi connectivity index (χ3n) is 3.70. The van der Waals surface area contributed by atoms with Crippen LogP contribution in [0.1, 0.15) is 17.3 Å². The van der Waals surface area contributed by atoms with Gasteiger partial charge in [-0.1, -0.05) is 30.3 Å². The van der Waals surface area contributed by atoms with E-state index in [4.69, 9.17) is 4.74 Å². The molecule has 1 amide bonds. The Bertz CT molecular complexity index is 925. The van der Waals surface area contributed by atoms with Crippen molar-refractivity contribution in [3.63, 3.8) is 0 Å². The summed E-state index contributed by atoms with van der Waals surface area (Å²) < 4.78 is 5.39. The summed E-state index contributed by atoms with van der Waals surface area (Å²) in [6, 6.07) is 19.8. The van der Waals surface area contributed by atoms with E-state index in [0.717, 1.165) is 11.4 Å². The minimum atomic E-state index is -0.291. The van der Waals surface area contributed by atoms with Gasteiger partial charge in [0.15, 0.2) is 12.4 Å². The quantitative estimate of drug-likeness (QED) is 0.621. The summed E-state index contributed by atoms with van der Waals surface area (Å²) in [4.78, 5) is 27.6. The first kappa shape index (κ1) is 18.1. The molecule has 0 saturated carbocycles. The highest BCUT2D eigenvalue weighted by Gasteiger charge is 2.05. The van der Waals surface area contributed by atoms with Gasteiger partial charge < -0.3 is 15.4 Å². The number of benzene rings is 2. The average Bonchev–Trinajstić information content (AvgIpc) is 2.69. The van der Waals surface area contributed by atoms with Crippen molar-refractivity contribution in [3.05, 3.63) is 78.5 Å². The predicted molar refractivity (Wildman–Crippen MR) is 105 cm³/mol. The van der Waals surface area contributed by atoms with E-state index in [0.29, 0.717) is 17.1 Å². The standard InChI is InChI=1S/C21H19N3O3/c1-15(25)16-6-5-7-17(12-16)23-18-10-11-20(22-13-18)24-21(26)14-27-19-8-3-2-4-9-19/h2-13,23H,14H2,1H3,(H,22,24,26). The number of nitrogens with one attached hydrogen (secondary N) is 2. The third kappa shape index (κ3) is 5.40. The van der Waals surface area contributed by atoms with E-state index in [2.05, 4.69) is 15.6 Å². The summed E-state index contributed by atoms with van der Waals surface area (Å²) in [5, 5.41) is 5.85. The van der Waals surface area contributed by atoms with E-state index >= 15 is 0 Å². The topological polar surface area (TPSA) is 80.3 Å². The van der Waals surface area contributed by atoms with Crippen LogP contribution >= 0.6 is 0 Å². The van der Waals surface area contributed by atoms with Gasteiger partial charge in [0.2, 0.25) is 0 Å². The molecule has 6 nitrogen and oxygen atoms in total.